The molecule has 0 unspecified atom stereocenters. The summed E-state index contributed by atoms with van der Waals surface area (Å²) in [5.74, 6) is -0.804. The molecule has 1 aromatic carbocycles. The highest BCUT2D eigenvalue weighted by Gasteiger charge is 2.25. The molecule has 18 heavy (non-hydrogen) atoms. The highest BCUT2D eigenvalue weighted by Crippen LogP contribution is 2.22. The molecule has 1 aromatic rings. The number of imide groups is 1. The van der Waals surface area contributed by atoms with Gasteiger partial charge in [0.05, 0.1) is 17.3 Å². The van der Waals surface area contributed by atoms with Gasteiger partial charge in [-0.1, -0.05) is 11.6 Å². The van der Waals surface area contributed by atoms with Gasteiger partial charge in [0.2, 0.25) is 5.91 Å². The Bertz CT molecular complexity index is 495. The molecule has 0 radical (unpaired) electrons. The Labute approximate surface area is 108 Å². The van der Waals surface area contributed by atoms with E-state index in [1.54, 1.807) is 0 Å². The van der Waals surface area contributed by atoms with Crippen LogP contribution in [0.3, 0.4) is 0 Å². The van der Waals surface area contributed by atoms with Gasteiger partial charge in [-0.15, -0.1) is 0 Å². The van der Waals surface area contributed by atoms with Crippen LogP contribution in [-0.4, -0.2) is 36.5 Å². The zero-order valence-electron chi connectivity index (χ0n) is 9.37. The molecule has 0 saturated carbocycles. The van der Waals surface area contributed by atoms with Gasteiger partial charge in [0, 0.05) is 13.1 Å². The highest BCUT2D eigenvalue weighted by molar-refractivity contribution is 6.33. The van der Waals surface area contributed by atoms with E-state index in [2.05, 4.69) is 10.6 Å². The molecule has 1 fully saturated rings. The van der Waals surface area contributed by atoms with Crippen molar-refractivity contribution in [3.05, 3.63) is 29.0 Å². The van der Waals surface area contributed by atoms with Gasteiger partial charge in [0.25, 0.3) is 0 Å². The minimum absolute atomic E-state index is 0.0707. The zero-order chi connectivity index (χ0) is 13.1. The third-order valence-electron chi connectivity index (χ3n) is 2.52. The number of urea groups is 1. The van der Waals surface area contributed by atoms with Gasteiger partial charge in [-0.05, 0) is 18.2 Å². The van der Waals surface area contributed by atoms with E-state index in [9.17, 15) is 14.0 Å². The molecular formula is C11H11ClFN3O2. The largest absolute Gasteiger partial charge is 0.375 e. The molecule has 96 valence electrons. The number of benzene rings is 1. The van der Waals surface area contributed by atoms with Crippen molar-refractivity contribution in [3.8, 4) is 0 Å². The standard InChI is InChI=1S/C11H11ClFN3O2/c12-8-5-7(13)1-2-9(8)15-6-10(17)16-4-3-14-11(16)18/h1-2,5,15H,3-4,6H2,(H,14,18). The second-order valence-electron chi connectivity index (χ2n) is 3.76. The first-order valence-corrected chi connectivity index (χ1v) is 5.73. The van der Waals surface area contributed by atoms with Gasteiger partial charge in [-0.3, -0.25) is 9.69 Å². The Hall–Kier alpha value is -1.82. The van der Waals surface area contributed by atoms with Gasteiger partial charge in [0.15, 0.2) is 0 Å². The van der Waals surface area contributed by atoms with Crippen molar-refractivity contribution in [1.29, 1.82) is 0 Å². The molecule has 1 aliphatic rings. The summed E-state index contributed by atoms with van der Waals surface area (Å²) in [7, 11) is 0. The summed E-state index contributed by atoms with van der Waals surface area (Å²) in [6.07, 6.45) is 0. The molecule has 0 bridgehead atoms. The van der Waals surface area contributed by atoms with Gasteiger partial charge in [-0.2, -0.15) is 0 Å². The van der Waals surface area contributed by atoms with Crippen LogP contribution in [0.4, 0.5) is 14.9 Å². The average molecular weight is 272 g/mol. The lowest BCUT2D eigenvalue weighted by Crippen LogP contribution is -2.38. The maximum absolute atomic E-state index is 12.8. The van der Waals surface area contributed by atoms with Crippen LogP contribution >= 0.6 is 11.6 Å². The molecular weight excluding hydrogens is 261 g/mol. The van der Waals surface area contributed by atoms with Crippen LogP contribution < -0.4 is 10.6 Å². The van der Waals surface area contributed by atoms with Crippen molar-refractivity contribution in [2.45, 2.75) is 0 Å². The fraction of sp³-hybridized carbons (Fsp3) is 0.273. The lowest BCUT2D eigenvalue weighted by molar-refractivity contribution is -0.125. The summed E-state index contributed by atoms with van der Waals surface area (Å²) in [4.78, 5) is 24.0. The van der Waals surface area contributed by atoms with Gasteiger partial charge in [-0.25, -0.2) is 9.18 Å². The van der Waals surface area contributed by atoms with E-state index in [0.717, 1.165) is 11.0 Å². The van der Waals surface area contributed by atoms with E-state index in [4.69, 9.17) is 11.6 Å². The summed E-state index contributed by atoms with van der Waals surface area (Å²) >= 11 is 5.79. The van der Waals surface area contributed by atoms with Crippen LogP contribution in [0.2, 0.25) is 5.02 Å². The fourth-order valence-corrected chi connectivity index (χ4v) is 1.84. The van der Waals surface area contributed by atoms with Gasteiger partial charge in [0.1, 0.15) is 5.82 Å². The highest BCUT2D eigenvalue weighted by atomic mass is 35.5. The molecule has 1 aliphatic heterocycles. The molecule has 3 amide bonds. The Kier molecular flexibility index (Phi) is 3.66. The molecule has 2 N–H and O–H groups in total. The molecule has 2 rings (SSSR count). The van der Waals surface area contributed by atoms with E-state index in [1.807, 2.05) is 0 Å². The second kappa shape index (κ2) is 5.22. The number of halogens is 2. The first-order valence-electron chi connectivity index (χ1n) is 5.35. The number of nitrogens with zero attached hydrogens (tertiary/aromatic N) is 1. The minimum atomic E-state index is -0.448. The second-order valence-corrected chi connectivity index (χ2v) is 4.16. The Morgan fingerprint density at radius 1 is 1.56 bits per heavy atom. The lowest BCUT2D eigenvalue weighted by atomic mass is 10.3. The van der Waals surface area contributed by atoms with Crippen LogP contribution in [0, 0.1) is 5.82 Å². The average Bonchev–Trinajstić information content (AvgIpc) is 2.74. The number of nitrogens with one attached hydrogen (secondary N) is 2. The summed E-state index contributed by atoms with van der Waals surface area (Å²) in [6, 6.07) is 3.43. The third-order valence-corrected chi connectivity index (χ3v) is 2.83. The van der Waals surface area contributed by atoms with E-state index in [-0.39, 0.29) is 17.5 Å². The molecule has 0 spiro atoms. The zero-order valence-corrected chi connectivity index (χ0v) is 10.1. The first-order chi connectivity index (χ1) is 8.58. The van der Waals surface area contributed by atoms with Crippen molar-refractivity contribution < 1.29 is 14.0 Å². The number of carbonyl (C=O) groups excluding carboxylic acids is 2. The van der Waals surface area contributed by atoms with Gasteiger partial charge < -0.3 is 10.6 Å². The van der Waals surface area contributed by atoms with Crippen molar-refractivity contribution >= 4 is 29.2 Å². The number of hydrogen-bond donors (Lipinski definition) is 2. The van der Waals surface area contributed by atoms with E-state index >= 15 is 0 Å². The maximum atomic E-state index is 12.8. The topological polar surface area (TPSA) is 61.4 Å². The number of anilines is 1. The van der Waals surface area contributed by atoms with E-state index < -0.39 is 11.8 Å². The quantitative estimate of drug-likeness (QED) is 0.875. The van der Waals surface area contributed by atoms with E-state index in [0.29, 0.717) is 18.8 Å². The molecule has 0 aliphatic carbocycles. The predicted octanol–water partition coefficient (Wildman–Crippen LogP) is 1.44. The molecule has 1 saturated heterocycles. The summed E-state index contributed by atoms with van der Waals surface area (Å²) < 4.78 is 12.8. The fourth-order valence-electron chi connectivity index (χ4n) is 1.61. The SMILES string of the molecule is O=C(CNc1ccc(F)cc1Cl)N1CCNC1=O. The summed E-state index contributed by atoms with van der Waals surface area (Å²) in [6.45, 7) is 0.747. The van der Waals surface area contributed by atoms with Crippen molar-refractivity contribution in [2.75, 3.05) is 25.0 Å². The van der Waals surface area contributed by atoms with Crippen LogP contribution in [0.15, 0.2) is 18.2 Å². The maximum Gasteiger partial charge on any atom is 0.324 e. The monoisotopic (exact) mass is 271 g/mol. The lowest BCUT2D eigenvalue weighted by Gasteiger charge is -2.13. The van der Waals surface area contributed by atoms with Crippen LogP contribution in [0.25, 0.3) is 0 Å². The first kappa shape index (κ1) is 12.6. The van der Waals surface area contributed by atoms with Crippen LogP contribution in [0.1, 0.15) is 0 Å². The Morgan fingerprint density at radius 2 is 2.33 bits per heavy atom. The van der Waals surface area contributed by atoms with Crippen molar-refractivity contribution in [1.82, 2.24) is 10.2 Å². The van der Waals surface area contributed by atoms with Gasteiger partial charge >= 0.3 is 6.03 Å². The molecule has 0 aromatic heterocycles. The van der Waals surface area contributed by atoms with Crippen LogP contribution in [-0.2, 0) is 4.79 Å². The van der Waals surface area contributed by atoms with Crippen molar-refractivity contribution in [2.24, 2.45) is 0 Å². The Morgan fingerprint density at radius 3 is 2.94 bits per heavy atom. The normalized spacial score (nSPS) is 14.6. The van der Waals surface area contributed by atoms with Crippen LogP contribution in [0.5, 0.6) is 0 Å². The van der Waals surface area contributed by atoms with E-state index in [1.165, 1.54) is 12.1 Å². The third kappa shape index (κ3) is 2.70. The minimum Gasteiger partial charge on any atom is -0.375 e. The predicted molar refractivity (Wildman–Crippen MR) is 65.0 cm³/mol. The number of hydrogen-bond acceptors (Lipinski definition) is 3. The smallest absolute Gasteiger partial charge is 0.324 e. The Balaban J connectivity index is 1.95. The summed E-state index contributed by atoms with van der Waals surface area (Å²) in [5.41, 5.74) is 0.450. The van der Waals surface area contributed by atoms with Crippen molar-refractivity contribution in [3.63, 3.8) is 0 Å². The summed E-state index contributed by atoms with van der Waals surface area (Å²) in [5, 5.41) is 5.49. The number of rotatable bonds is 3. The number of amides is 3. The molecule has 5 nitrogen and oxygen atoms in total. The molecule has 0 atom stereocenters. The number of carbonyl (C=O) groups is 2. The molecule has 7 heteroatoms. The molecule has 1 heterocycles.